The summed E-state index contributed by atoms with van der Waals surface area (Å²) in [7, 11) is 0. The molecule has 3 fully saturated rings. The topological polar surface area (TPSA) is 29.5 Å². The van der Waals surface area contributed by atoms with Crippen molar-refractivity contribution >= 4 is 0 Å². The minimum Gasteiger partial charge on any atom is -0.390 e. The van der Waals surface area contributed by atoms with E-state index in [0.717, 1.165) is 12.8 Å². The van der Waals surface area contributed by atoms with Crippen molar-refractivity contribution in [2.24, 2.45) is 5.92 Å². The van der Waals surface area contributed by atoms with Crippen LogP contribution in [0.15, 0.2) is 0 Å². The van der Waals surface area contributed by atoms with Gasteiger partial charge in [-0.05, 0) is 12.3 Å². The summed E-state index contributed by atoms with van der Waals surface area (Å²) in [6.45, 7) is 2.09. The van der Waals surface area contributed by atoms with Gasteiger partial charge in [-0.2, -0.15) is 0 Å². The molecule has 1 N–H and O–H groups in total. The van der Waals surface area contributed by atoms with Crippen molar-refractivity contribution in [2.75, 3.05) is 0 Å². The van der Waals surface area contributed by atoms with Gasteiger partial charge < -0.3 is 9.84 Å². The third-order valence-corrected chi connectivity index (χ3v) is 2.46. The zero-order valence-electron chi connectivity index (χ0n) is 5.58. The highest BCUT2D eigenvalue weighted by atomic mass is 16.5. The fraction of sp³-hybridized carbons (Fsp3) is 1.00. The summed E-state index contributed by atoms with van der Waals surface area (Å²) in [6, 6.07) is 0. The van der Waals surface area contributed by atoms with E-state index >= 15 is 0 Å². The number of rotatable bonds is 0. The van der Waals surface area contributed by atoms with Crippen LogP contribution < -0.4 is 0 Å². The molecule has 0 aromatic rings. The van der Waals surface area contributed by atoms with E-state index in [1.165, 1.54) is 0 Å². The maximum absolute atomic E-state index is 9.36. The molecule has 0 radical (unpaired) electrons. The molecule has 0 aromatic heterocycles. The van der Waals surface area contributed by atoms with Gasteiger partial charge in [-0.1, -0.05) is 6.92 Å². The van der Waals surface area contributed by atoms with E-state index in [-0.39, 0.29) is 12.2 Å². The van der Waals surface area contributed by atoms with Crippen LogP contribution in [0.5, 0.6) is 0 Å². The van der Waals surface area contributed by atoms with Crippen molar-refractivity contribution in [1.82, 2.24) is 0 Å². The lowest BCUT2D eigenvalue weighted by Crippen LogP contribution is -2.54. The van der Waals surface area contributed by atoms with Gasteiger partial charge in [0.05, 0.1) is 18.3 Å². The Kier molecular flexibility index (Phi) is 1.08. The fourth-order valence-corrected chi connectivity index (χ4v) is 1.79. The molecule has 2 aliphatic heterocycles. The molecular formula is C7H12O2. The number of ether oxygens (including phenoxy) is 1. The Morgan fingerprint density at radius 1 is 1.44 bits per heavy atom. The number of fused-ring (bicyclic) bond motifs is 2. The van der Waals surface area contributed by atoms with Crippen LogP contribution in [0.4, 0.5) is 0 Å². The Morgan fingerprint density at radius 3 is 2.44 bits per heavy atom. The van der Waals surface area contributed by atoms with Crippen molar-refractivity contribution in [3.63, 3.8) is 0 Å². The molecule has 0 amide bonds. The Morgan fingerprint density at radius 2 is 2.11 bits per heavy atom. The first-order chi connectivity index (χ1) is 4.27. The van der Waals surface area contributed by atoms with Gasteiger partial charge in [0.1, 0.15) is 0 Å². The summed E-state index contributed by atoms with van der Waals surface area (Å²) in [5, 5.41) is 9.36. The van der Waals surface area contributed by atoms with Crippen LogP contribution in [-0.4, -0.2) is 23.4 Å². The maximum atomic E-state index is 9.36. The van der Waals surface area contributed by atoms with Crippen LogP contribution in [0, 0.1) is 5.92 Å². The standard InChI is InChI=1S/C7H12O2/c1-4-2-5-3-6(9-5)7(4)8/h4-8H,2-3H2,1H3/t4-,5+,6+,7+/m1/s1. The molecule has 1 aliphatic carbocycles. The highest BCUT2D eigenvalue weighted by Crippen LogP contribution is 2.37. The average Bonchev–Trinajstić information content (AvgIpc) is 1.72. The van der Waals surface area contributed by atoms with Crippen LogP contribution in [0.2, 0.25) is 0 Å². The third-order valence-electron chi connectivity index (χ3n) is 2.46. The van der Waals surface area contributed by atoms with Gasteiger partial charge >= 0.3 is 0 Å². The maximum Gasteiger partial charge on any atom is 0.0865 e. The summed E-state index contributed by atoms with van der Waals surface area (Å²) in [6.07, 6.45) is 2.62. The highest BCUT2D eigenvalue weighted by molar-refractivity contribution is 4.93. The number of aliphatic hydroxyl groups is 1. The third kappa shape index (κ3) is 0.700. The van der Waals surface area contributed by atoms with E-state index in [0.29, 0.717) is 12.0 Å². The molecule has 2 saturated heterocycles. The molecule has 52 valence electrons. The first kappa shape index (κ1) is 5.69. The van der Waals surface area contributed by atoms with Gasteiger partial charge in [-0.3, -0.25) is 0 Å². The molecule has 1 saturated carbocycles. The second-order valence-corrected chi connectivity index (χ2v) is 3.24. The van der Waals surface area contributed by atoms with Gasteiger partial charge in [-0.25, -0.2) is 0 Å². The summed E-state index contributed by atoms with van der Waals surface area (Å²) < 4.78 is 5.31. The van der Waals surface area contributed by atoms with E-state index in [2.05, 4.69) is 6.92 Å². The molecule has 2 heterocycles. The largest absolute Gasteiger partial charge is 0.390 e. The zero-order valence-corrected chi connectivity index (χ0v) is 5.58. The summed E-state index contributed by atoms with van der Waals surface area (Å²) in [4.78, 5) is 0. The predicted molar refractivity (Wildman–Crippen MR) is 33.1 cm³/mol. The number of aliphatic hydroxyl groups excluding tert-OH is 1. The lowest BCUT2D eigenvalue weighted by Gasteiger charge is -2.47. The Labute approximate surface area is 54.8 Å². The first-order valence-electron chi connectivity index (χ1n) is 3.61. The van der Waals surface area contributed by atoms with Crippen molar-refractivity contribution in [3.05, 3.63) is 0 Å². The second-order valence-electron chi connectivity index (χ2n) is 3.24. The molecule has 2 heteroatoms. The number of hydrogen-bond acceptors (Lipinski definition) is 2. The van der Waals surface area contributed by atoms with Crippen molar-refractivity contribution in [3.8, 4) is 0 Å². The monoisotopic (exact) mass is 128 g/mol. The molecule has 3 aliphatic rings. The molecule has 2 bridgehead atoms. The van der Waals surface area contributed by atoms with E-state index in [1.807, 2.05) is 0 Å². The first-order valence-corrected chi connectivity index (χ1v) is 3.61. The van der Waals surface area contributed by atoms with Crippen molar-refractivity contribution < 1.29 is 9.84 Å². The fourth-order valence-electron chi connectivity index (χ4n) is 1.79. The molecule has 9 heavy (non-hydrogen) atoms. The molecule has 2 nitrogen and oxygen atoms in total. The lowest BCUT2D eigenvalue weighted by atomic mass is 9.79. The minimum atomic E-state index is -0.185. The quantitative estimate of drug-likeness (QED) is 0.516. The second kappa shape index (κ2) is 1.70. The van der Waals surface area contributed by atoms with Gasteiger partial charge in [-0.15, -0.1) is 0 Å². The molecule has 4 atom stereocenters. The summed E-state index contributed by atoms with van der Waals surface area (Å²) in [5.74, 6) is 0.461. The van der Waals surface area contributed by atoms with Crippen LogP contribution in [0.25, 0.3) is 0 Å². The normalized spacial score (nSPS) is 56.7. The van der Waals surface area contributed by atoms with Crippen LogP contribution in [0.3, 0.4) is 0 Å². The molecule has 0 aromatic carbocycles. The van der Waals surface area contributed by atoms with Crippen LogP contribution in [-0.2, 0) is 4.74 Å². The Balaban J connectivity index is 2.04. The Bertz CT molecular complexity index is 116. The molecular weight excluding hydrogens is 116 g/mol. The van der Waals surface area contributed by atoms with E-state index in [4.69, 9.17) is 4.74 Å². The van der Waals surface area contributed by atoms with Crippen LogP contribution in [0.1, 0.15) is 19.8 Å². The zero-order chi connectivity index (χ0) is 6.43. The van der Waals surface area contributed by atoms with Crippen LogP contribution >= 0.6 is 0 Å². The SMILES string of the molecule is C[C@@H]1C[C@H]2C[C@H](O2)[C@H]1O. The van der Waals surface area contributed by atoms with E-state index < -0.39 is 0 Å². The summed E-state index contributed by atoms with van der Waals surface area (Å²) in [5.41, 5.74) is 0. The van der Waals surface area contributed by atoms with Gasteiger partial charge in [0.25, 0.3) is 0 Å². The van der Waals surface area contributed by atoms with E-state index in [1.54, 1.807) is 0 Å². The smallest absolute Gasteiger partial charge is 0.0865 e. The van der Waals surface area contributed by atoms with Crippen molar-refractivity contribution in [1.29, 1.82) is 0 Å². The average molecular weight is 128 g/mol. The molecule has 0 spiro atoms. The lowest BCUT2D eigenvalue weighted by molar-refractivity contribution is -0.225. The number of hydrogen-bond donors (Lipinski definition) is 1. The molecule has 0 unspecified atom stereocenters. The minimum absolute atomic E-state index is 0.179. The van der Waals surface area contributed by atoms with E-state index in [9.17, 15) is 5.11 Å². The van der Waals surface area contributed by atoms with Gasteiger partial charge in [0, 0.05) is 6.42 Å². The highest BCUT2D eigenvalue weighted by Gasteiger charge is 2.44. The van der Waals surface area contributed by atoms with Gasteiger partial charge in [0.2, 0.25) is 0 Å². The van der Waals surface area contributed by atoms with Crippen molar-refractivity contribution in [2.45, 2.75) is 38.1 Å². The Hall–Kier alpha value is -0.0800. The summed E-state index contributed by atoms with van der Waals surface area (Å²) >= 11 is 0. The van der Waals surface area contributed by atoms with Gasteiger partial charge in [0.15, 0.2) is 0 Å². The predicted octanol–water partition coefficient (Wildman–Crippen LogP) is 0.545. The molecule has 3 rings (SSSR count).